The lowest BCUT2D eigenvalue weighted by molar-refractivity contribution is -0.169. The highest BCUT2D eigenvalue weighted by molar-refractivity contribution is 9.09. The second-order valence-electron chi connectivity index (χ2n) is 2.76. The van der Waals surface area contributed by atoms with Gasteiger partial charge in [0.2, 0.25) is 5.91 Å². The minimum atomic E-state index is -4.31. The summed E-state index contributed by atoms with van der Waals surface area (Å²) in [6, 6.07) is 0. The third kappa shape index (κ3) is 1.73. The number of hydrogen-bond acceptors (Lipinski definition) is 1. The maximum atomic E-state index is 12.2. The molecule has 1 saturated carbocycles. The summed E-state index contributed by atoms with van der Waals surface area (Å²) >= 11 is 2.78. The summed E-state index contributed by atoms with van der Waals surface area (Å²) in [5.74, 6) is -0.621. The molecular formula is C6H7BrF3NO. The summed E-state index contributed by atoms with van der Waals surface area (Å²) in [4.78, 5) is 10.7. The van der Waals surface area contributed by atoms with Crippen molar-refractivity contribution in [2.24, 2.45) is 0 Å². The predicted octanol–water partition coefficient (Wildman–Crippen LogP) is 1.59. The van der Waals surface area contributed by atoms with Crippen LogP contribution in [0.1, 0.15) is 12.8 Å². The van der Waals surface area contributed by atoms with E-state index in [0.29, 0.717) is 0 Å². The topological polar surface area (TPSA) is 29.1 Å². The molecule has 0 bridgehead atoms. The summed E-state index contributed by atoms with van der Waals surface area (Å²) < 4.78 is 36.5. The van der Waals surface area contributed by atoms with Crippen molar-refractivity contribution < 1.29 is 18.0 Å². The average molecular weight is 246 g/mol. The van der Waals surface area contributed by atoms with Crippen LogP contribution in [-0.4, -0.2) is 23.0 Å². The van der Waals surface area contributed by atoms with Crippen molar-refractivity contribution in [2.45, 2.75) is 24.6 Å². The molecule has 0 aromatic rings. The van der Waals surface area contributed by atoms with E-state index in [0.717, 1.165) is 0 Å². The Hall–Kier alpha value is -0.260. The minimum absolute atomic E-state index is 0.00472. The fourth-order valence-electron chi connectivity index (χ4n) is 0.905. The number of amides is 1. The van der Waals surface area contributed by atoms with Crippen LogP contribution >= 0.6 is 15.9 Å². The number of rotatable bonds is 2. The van der Waals surface area contributed by atoms with Gasteiger partial charge in [-0.1, -0.05) is 15.9 Å². The Labute approximate surface area is 75.6 Å². The Morgan fingerprint density at radius 3 is 2.25 bits per heavy atom. The molecule has 0 spiro atoms. The molecule has 1 N–H and O–H groups in total. The molecule has 1 rings (SSSR count). The van der Waals surface area contributed by atoms with Gasteiger partial charge in [-0.2, -0.15) is 13.2 Å². The van der Waals surface area contributed by atoms with Crippen LogP contribution < -0.4 is 5.32 Å². The Morgan fingerprint density at radius 2 is 2.00 bits per heavy atom. The van der Waals surface area contributed by atoms with Crippen molar-refractivity contribution in [3.8, 4) is 0 Å². The van der Waals surface area contributed by atoms with E-state index in [1.165, 1.54) is 0 Å². The maximum Gasteiger partial charge on any atom is 0.411 e. The molecule has 1 aliphatic carbocycles. The molecule has 0 atom stereocenters. The third-order valence-electron chi connectivity index (χ3n) is 1.79. The highest BCUT2D eigenvalue weighted by atomic mass is 79.9. The van der Waals surface area contributed by atoms with Crippen LogP contribution in [0.2, 0.25) is 0 Å². The molecule has 1 amide bonds. The second-order valence-corrected chi connectivity index (χ2v) is 3.32. The maximum absolute atomic E-state index is 12.2. The fourth-order valence-corrected chi connectivity index (χ4v) is 1.04. The van der Waals surface area contributed by atoms with E-state index in [1.807, 2.05) is 5.32 Å². The Morgan fingerprint density at radius 1 is 1.50 bits per heavy atom. The summed E-state index contributed by atoms with van der Waals surface area (Å²) in [6.45, 7) is 0. The summed E-state index contributed by atoms with van der Waals surface area (Å²) in [7, 11) is 0. The largest absolute Gasteiger partial charge is 0.411 e. The van der Waals surface area contributed by atoms with Crippen molar-refractivity contribution in [2.75, 3.05) is 5.33 Å². The molecule has 0 radical (unpaired) electrons. The Bertz CT molecular complexity index is 199. The zero-order chi connectivity index (χ0) is 9.41. The average Bonchev–Trinajstić information content (AvgIpc) is 2.67. The molecule has 2 nitrogen and oxygen atoms in total. The van der Waals surface area contributed by atoms with Crippen LogP contribution in [0.15, 0.2) is 0 Å². The molecule has 0 saturated heterocycles. The third-order valence-corrected chi connectivity index (χ3v) is 2.30. The molecule has 0 unspecified atom stereocenters. The Balaban J connectivity index is 2.56. The highest BCUT2D eigenvalue weighted by Crippen LogP contribution is 2.48. The van der Waals surface area contributed by atoms with E-state index in [-0.39, 0.29) is 18.2 Å². The van der Waals surface area contributed by atoms with E-state index in [1.54, 1.807) is 0 Å². The number of alkyl halides is 4. The van der Waals surface area contributed by atoms with Crippen LogP contribution in [0.5, 0.6) is 0 Å². The van der Waals surface area contributed by atoms with Crippen molar-refractivity contribution in [3.05, 3.63) is 0 Å². The smallest absolute Gasteiger partial charge is 0.341 e. The molecule has 6 heteroatoms. The summed E-state index contributed by atoms with van der Waals surface area (Å²) in [6.07, 6.45) is -4.32. The van der Waals surface area contributed by atoms with Gasteiger partial charge in [-0.25, -0.2) is 0 Å². The minimum Gasteiger partial charge on any atom is -0.341 e. The molecule has 12 heavy (non-hydrogen) atoms. The van der Waals surface area contributed by atoms with E-state index >= 15 is 0 Å². The van der Waals surface area contributed by atoms with Crippen LogP contribution in [0.3, 0.4) is 0 Å². The van der Waals surface area contributed by atoms with Crippen molar-refractivity contribution in [3.63, 3.8) is 0 Å². The normalized spacial score (nSPS) is 20.3. The van der Waals surface area contributed by atoms with Gasteiger partial charge < -0.3 is 5.32 Å². The molecule has 70 valence electrons. The lowest BCUT2D eigenvalue weighted by atomic mass is 10.2. The van der Waals surface area contributed by atoms with Gasteiger partial charge in [-0.3, -0.25) is 4.79 Å². The zero-order valence-electron chi connectivity index (χ0n) is 6.04. The molecule has 0 aromatic carbocycles. The standard InChI is InChI=1S/C6H7BrF3NO/c7-3-4(12)11-5(1-2-5)6(8,9)10/h1-3H2,(H,11,12). The van der Waals surface area contributed by atoms with E-state index in [4.69, 9.17) is 0 Å². The van der Waals surface area contributed by atoms with Gasteiger partial charge in [0.05, 0.1) is 5.33 Å². The highest BCUT2D eigenvalue weighted by Gasteiger charge is 2.64. The van der Waals surface area contributed by atoms with Crippen molar-refractivity contribution >= 4 is 21.8 Å². The van der Waals surface area contributed by atoms with Crippen LogP contribution in [-0.2, 0) is 4.79 Å². The fraction of sp³-hybridized carbons (Fsp3) is 0.833. The second kappa shape index (κ2) is 2.90. The first-order valence-electron chi connectivity index (χ1n) is 3.35. The quantitative estimate of drug-likeness (QED) is 0.736. The number of nitrogens with one attached hydrogen (secondary N) is 1. The zero-order valence-corrected chi connectivity index (χ0v) is 7.63. The van der Waals surface area contributed by atoms with Crippen LogP contribution in [0.4, 0.5) is 13.2 Å². The van der Waals surface area contributed by atoms with Crippen molar-refractivity contribution in [1.29, 1.82) is 0 Å². The number of halogens is 4. The SMILES string of the molecule is O=C(CBr)NC1(C(F)(F)F)CC1. The first-order valence-corrected chi connectivity index (χ1v) is 4.47. The Kier molecular flexibility index (Phi) is 2.38. The molecule has 1 aliphatic rings. The lowest BCUT2D eigenvalue weighted by Crippen LogP contribution is -2.48. The molecular weight excluding hydrogens is 239 g/mol. The summed E-state index contributed by atoms with van der Waals surface area (Å²) in [5.41, 5.74) is -1.92. The lowest BCUT2D eigenvalue weighted by Gasteiger charge is -2.19. The molecule has 0 aromatic heterocycles. The first-order chi connectivity index (χ1) is 5.41. The number of carbonyl (C=O) groups excluding carboxylic acids is 1. The molecule has 0 aliphatic heterocycles. The number of carbonyl (C=O) groups is 1. The van der Waals surface area contributed by atoms with Gasteiger partial charge >= 0.3 is 6.18 Å². The van der Waals surface area contributed by atoms with E-state index in [2.05, 4.69) is 15.9 Å². The van der Waals surface area contributed by atoms with E-state index < -0.39 is 17.6 Å². The molecule has 1 fully saturated rings. The molecule has 0 heterocycles. The first kappa shape index (κ1) is 9.83. The predicted molar refractivity (Wildman–Crippen MR) is 40.0 cm³/mol. The number of hydrogen-bond donors (Lipinski definition) is 1. The van der Waals surface area contributed by atoms with Gasteiger partial charge in [0.1, 0.15) is 5.54 Å². The van der Waals surface area contributed by atoms with Crippen molar-refractivity contribution in [1.82, 2.24) is 5.32 Å². The van der Waals surface area contributed by atoms with Gasteiger partial charge in [0.15, 0.2) is 0 Å². The van der Waals surface area contributed by atoms with Gasteiger partial charge in [-0.15, -0.1) is 0 Å². The van der Waals surface area contributed by atoms with E-state index in [9.17, 15) is 18.0 Å². The van der Waals surface area contributed by atoms with Gasteiger partial charge in [-0.05, 0) is 12.8 Å². The van der Waals surface area contributed by atoms with Crippen LogP contribution in [0, 0.1) is 0 Å². The monoisotopic (exact) mass is 245 g/mol. The van der Waals surface area contributed by atoms with Gasteiger partial charge in [0.25, 0.3) is 0 Å². The summed E-state index contributed by atoms with van der Waals surface area (Å²) in [5, 5.41) is 1.85. The van der Waals surface area contributed by atoms with Gasteiger partial charge in [0, 0.05) is 0 Å². The van der Waals surface area contributed by atoms with Crippen LogP contribution in [0.25, 0.3) is 0 Å².